The number of nitrogens with zero attached hydrogens (tertiary/aromatic N) is 3. The van der Waals surface area contributed by atoms with Crippen molar-refractivity contribution < 1.29 is 4.74 Å². The standard InChI is InChI=1S/C22H31N5O/c1-3-28-21-15-18(11-12-24-21)16-25-22(23-2)26-17-20(27-13-7-8-14-27)19-9-5-4-6-10-19/h4-6,9-12,15,20H,3,7-8,13-14,16-17H2,1-2H3,(H2,23,25,26). The Bertz CT molecular complexity index is 744. The SMILES string of the molecule is CCOc1cc(CNC(=NC)NCC(c2ccccc2)N2CCCC2)ccn1. The number of likely N-dealkylation sites (tertiary alicyclic amines) is 1. The number of aromatic nitrogens is 1. The Morgan fingerprint density at radius 3 is 2.68 bits per heavy atom. The molecule has 0 radical (unpaired) electrons. The van der Waals surface area contributed by atoms with Gasteiger partial charge in [-0.15, -0.1) is 0 Å². The molecule has 2 N–H and O–H groups in total. The van der Waals surface area contributed by atoms with Crippen molar-refractivity contribution in [1.82, 2.24) is 20.5 Å². The lowest BCUT2D eigenvalue weighted by atomic mass is 10.1. The molecule has 1 aromatic heterocycles. The Morgan fingerprint density at radius 2 is 1.96 bits per heavy atom. The van der Waals surface area contributed by atoms with E-state index in [1.165, 1.54) is 18.4 Å². The molecule has 1 saturated heterocycles. The van der Waals surface area contributed by atoms with E-state index in [0.717, 1.165) is 31.2 Å². The van der Waals surface area contributed by atoms with Gasteiger partial charge < -0.3 is 15.4 Å². The molecular formula is C22H31N5O. The van der Waals surface area contributed by atoms with Crippen LogP contribution in [0, 0.1) is 0 Å². The third-order valence-electron chi connectivity index (χ3n) is 5.00. The molecule has 0 saturated carbocycles. The van der Waals surface area contributed by atoms with E-state index in [1.54, 1.807) is 13.2 Å². The lowest BCUT2D eigenvalue weighted by Crippen LogP contribution is -2.42. The van der Waals surface area contributed by atoms with E-state index >= 15 is 0 Å². The zero-order valence-corrected chi connectivity index (χ0v) is 16.9. The Hall–Kier alpha value is -2.60. The van der Waals surface area contributed by atoms with Gasteiger partial charge in [0.05, 0.1) is 12.6 Å². The normalized spacial score (nSPS) is 16.0. The lowest BCUT2D eigenvalue weighted by molar-refractivity contribution is 0.245. The highest BCUT2D eigenvalue weighted by atomic mass is 16.5. The summed E-state index contributed by atoms with van der Waals surface area (Å²) in [4.78, 5) is 11.2. The van der Waals surface area contributed by atoms with Crippen molar-refractivity contribution in [1.29, 1.82) is 0 Å². The number of pyridine rings is 1. The zero-order valence-electron chi connectivity index (χ0n) is 16.9. The molecule has 1 aliphatic heterocycles. The summed E-state index contributed by atoms with van der Waals surface area (Å²) in [6, 6.07) is 15.0. The van der Waals surface area contributed by atoms with Crippen LogP contribution in [0.5, 0.6) is 5.88 Å². The van der Waals surface area contributed by atoms with Gasteiger partial charge in [0.15, 0.2) is 5.96 Å². The number of hydrogen-bond acceptors (Lipinski definition) is 4. The Kier molecular flexibility index (Phi) is 7.67. The van der Waals surface area contributed by atoms with Crippen LogP contribution in [0.3, 0.4) is 0 Å². The first-order valence-electron chi connectivity index (χ1n) is 10.1. The summed E-state index contributed by atoms with van der Waals surface area (Å²) in [5, 5.41) is 6.89. The molecule has 6 heteroatoms. The number of rotatable bonds is 8. The summed E-state index contributed by atoms with van der Waals surface area (Å²) >= 11 is 0. The van der Waals surface area contributed by atoms with Crippen LogP contribution >= 0.6 is 0 Å². The summed E-state index contributed by atoms with van der Waals surface area (Å²) < 4.78 is 5.47. The van der Waals surface area contributed by atoms with Crippen LogP contribution in [0.15, 0.2) is 53.7 Å². The highest BCUT2D eigenvalue weighted by Crippen LogP contribution is 2.24. The largest absolute Gasteiger partial charge is 0.478 e. The molecule has 28 heavy (non-hydrogen) atoms. The van der Waals surface area contributed by atoms with Crippen molar-refractivity contribution in [3.8, 4) is 5.88 Å². The Balaban J connectivity index is 1.58. The Morgan fingerprint density at radius 1 is 1.18 bits per heavy atom. The van der Waals surface area contributed by atoms with Gasteiger partial charge in [-0.1, -0.05) is 30.3 Å². The molecule has 0 aliphatic carbocycles. The minimum absolute atomic E-state index is 0.354. The molecule has 150 valence electrons. The molecule has 3 rings (SSSR count). The molecule has 0 bridgehead atoms. The topological polar surface area (TPSA) is 61.8 Å². The summed E-state index contributed by atoms with van der Waals surface area (Å²) in [5.41, 5.74) is 2.46. The molecular weight excluding hydrogens is 350 g/mol. The van der Waals surface area contributed by atoms with E-state index in [-0.39, 0.29) is 0 Å². The van der Waals surface area contributed by atoms with Gasteiger partial charge in [0.2, 0.25) is 5.88 Å². The smallest absolute Gasteiger partial charge is 0.213 e. The quantitative estimate of drug-likeness (QED) is 0.544. The predicted octanol–water partition coefficient (Wildman–Crippen LogP) is 2.98. The third-order valence-corrected chi connectivity index (χ3v) is 5.00. The van der Waals surface area contributed by atoms with Crippen LogP contribution in [0.25, 0.3) is 0 Å². The van der Waals surface area contributed by atoms with Gasteiger partial charge in [0.1, 0.15) is 0 Å². The van der Waals surface area contributed by atoms with Crippen molar-refractivity contribution >= 4 is 5.96 Å². The number of ether oxygens (including phenoxy) is 1. The maximum Gasteiger partial charge on any atom is 0.213 e. The highest BCUT2D eigenvalue weighted by molar-refractivity contribution is 5.79. The van der Waals surface area contributed by atoms with Crippen LogP contribution in [-0.4, -0.2) is 49.1 Å². The van der Waals surface area contributed by atoms with E-state index in [4.69, 9.17) is 4.74 Å². The first-order chi connectivity index (χ1) is 13.8. The van der Waals surface area contributed by atoms with E-state index in [1.807, 2.05) is 19.1 Å². The first kappa shape index (κ1) is 20.1. The zero-order chi connectivity index (χ0) is 19.6. The molecule has 2 aromatic rings. The average Bonchev–Trinajstić information content (AvgIpc) is 3.26. The van der Waals surface area contributed by atoms with Gasteiger partial charge in [-0.3, -0.25) is 9.89 Å². The van der Waals surface area contributed by atoms with Crippen molar-refractivity contribution in [2.45, 2.75) is 32.4 Å². The minimum Gasteiger partial charge on any atom is -0.478 e. The van der Waals surface area contributed by atoms with Crippen LogP contribution in [0.2, 0.25) is 0 Å². The van der Waals surface area contributed by atoms with Gasteiger partial charge in [0.25, 0.3) is 0 Å². The monoisotopic (exact) mass is 381 g/mol. The van der Waals surface area contributed by atoms with Crippen LogP contribution in [-0.2, 0) is 6.54 Å². The van der Waals surface area contributed by atoms with Gasteiger partial charge in [-0.2, -0.15) is 0 Å². The van der Waals surface area contributed by atoms with Crippen molar-refractivity contribution in [2.75, 3.05) is 33.3 Å². The summed E-state index contributed by atoms with van der Waals surface area (Å²) in [5.74, 6) is 1.46. The second-order valence-corrected chi connectivity index (χ2v) is 6.91. The van der Waals surface area contributed by atoms with E-state index in [0.29, 0.717) is 25.1 Å². The number of guanidine groups is 1. The van der Waals surface area contributed by atoms with Crippen molar-refractivity contribution in [2.24, 2.45) is 4.99 Å². The highest BCUT2D eigenvalue weighted by Gasteiger charge is 2.23. The Labute approximate surface area is 168 Å². The average molecular weight is 382 g/mol. The fourth-order valence-electron chi connectivity index (χ4n) is 3.57. The second-order valence-electron chi connectivity index (χ2n) is 6.91. The molecule has 1 aromatic carbocycles. The fourth-order valence-corrected chi connectivity index (χ4v) is 3.57. The van der Waals surface area contributed by atoms with Crippen molar-refractivity contribution in [3.05, 3.63) is 59.8 Å². The molecule has 2 heterocycles. The predicted molar refractivity (Wildman–Crippen MR) is 114 cm³/mol. The molecule has 0 amide bonds. The van der Waals surface area contributed by atoms with E-state index < -0.39 is 0 Å². The van der Waals surface area contributed by atoms with Gasteiger partial charge >= 0.3 is 0 Å². The van der Waals surface area contributed by atoms with Gasteiger partial charge in [0, 0.05) is 32.4 Å². The van der Waals surface area contributed by atoms with Crippen molar-refractivity contribution in [3.63, 3.8) is 0 Å². The number of aliphatic imine (C=N–C) groups is 1. The van der Waals surface area contributed by atoms with E-state index in [9.17, 15) is 0 Å². The van der Waals surface area contributed by atoms with Crippen LogP contribution in [0.4, 0.5) is 0 Å². The molecule has 1 fully saturated rings. The fraction of sp³-hybridized carbons (Fsp3) is 0.455. The maximum absolute atomic E-state index is 5.47. The number of hydrogen-bond donors (Lipinski definition) is 2. The number of nitrogens with one attached hydrogen (secondary N) is 2. The van der Waals surface area contributed by atoms with Crippen LogP contribution < -0.4 is 15.4 Å². The molecule has 1 atom stereocenters. The summed E-state index contributed by atoms with van der Waals surface area (Å²) in [6.07, 6.45) is 4.33. The molecule has 1 unspecified atom stereocenters. The second kappa shape index (κ2) is 10.7. The van der Waals surface area contributed by atoms with Gasteiger partial charge in [-0.05, 0) is 50.0 Å². The third kappa shape index (κ3) is 5.70. The molecule has 1 aliphatic rings. The van der Waals surface area contributed by atoms with Crippen LogP contribution in [0.1, 0.15) is 36.9 Å². The lowest BCUT2D eigenvalue weighted by Gasteiger charge is -2.29. The number of benzene rings is 1. The maximum atomic E-state index is 5.47. The van der Waals surface area contributed by atoms with Gasteiger partial charge in [-0.25, -0.2) is 4.98 Å². The molecule has 0 spiro atoms. The van der Waals surface area contributed by atoms with E-state index in [2.05, 4.69) is 55.8 Å². The minimum atomic E-state index is 0.354. The molecule has 6 nitrogen and oxygen atoms in total. The summed E-state index contributed by atoms with van der Waals surface area (Å²) in [7, 11) is 1.81. The summed E-state index contributed by atoms with van der Waals surface area (Å²) in [6.45, 7) is 6.38. The first-order valence-corrected chi connectivity index (χ1v) is 10.1.